The zero-order valence-electron chi connectivity index (χ0n) is 12.4. The summed E-state index contributed by atoms with van der Waals surface area (Å²) in [6, 6.07) is 14.5. The van der Waals surface area contributed by atoms with Crippen molar-refractivity contribution >= 4 is 17.0 Å². The Labute approximate surface area is 137 Å². The monoisotopic (exact) mass is 326 g/mol. The number of nitrogens with zero attached hydrogens (tertiary/aromatic N) is 2. The highest BCUT2D eigenvalue weighted by Gasteiger charge is 2.14. The van der Waals surface area contributed by atoms with Gasteiger partial charge in [0.1, 0.15) is 11.6 Å². The summed E-state index contributed by atoms with van der Waals surface area (Å²) in [5.41, 5.74) is 2.97. The Morgan fingerprint density at radius 1 is 1.17 bits per heavy atom. The molecule has 0 saturated carbocycles. The molecule has 0 unspecified atom stereocenters. The molecule has 0 spiro atoms. The molecule has 0 aliphatic carbocycles. The molecule has 0 radical (unpaired) electrons. The van der Waals surface area contributed by atoms with Crippen LogP contribution >= 0.6 is 11.3 Å². The van der Waals surface area contributed by atoms with Crippen molar-refractivity contribution in [3.63, 3.8) is 0 Å². The lowest BCUT2D eigenvalue weighted by Gasteiger charge is -2.04. The van der Waals surface area contributed by atoms with Gasteiger partial charge in [0.05, 0.1) is 10.6 Å². The van der Waals surface area contributed by atoms with E-state index in [0.717, 1.165) is 16.3 Å². The van der Waals surface area contributed by atoms with Gasteiger partial charge in [0, 0.05) is 17.0 Å². The van der Waals surface area contributed by atoms with Crippen LogP contribution in [0.3, 0.4) is 0 Å². The molecule has 0 atom stereocenters. The third-order valence-corrected chi connectivity index (χ3v) is 4.23. The van der Waals surface area contributed by atoms with Crippen LogP contribution in [-0.4, -0.2) is 9.91 Å². The minimum atomic E-state index is -0.450. The molecule has 23 heavy (non-hydrogen) atoms. The van der Waals surface area contributed by atoms with E-state index in [1.54, 1.807) is 18.2 Å². The number of rotatable bonds is 5. The first-order valence-electron chi connectivity index (χ1n) is 7.01. The smallest absolute Gasteiger partial charge is 0.310 e. The Balaban J connectivity index is 1.73. The van der Waals surface area contributed by atoms with Crippen molar-refractivity contribution in [2.45, 2.75) is 13.5 Å². The number of nitro benzene ring substituents is 1. The Kier molecular flexibility index (Phi) is 4.34. The molecule has 0 bridgehead atoms. The summed E-state index contributed by atoms with van der Waals surface area (Å²) in [6.07, 6.45) is 0. The highest BCUT2D eigenvalue weighted by molar-refractivity contribution is 7.13. The molecule has 1 aromatic heterocycles. The van der Waals surface area contributed by atoms with E-state index in [1.165, 1.54) is 23.0 Å². The fourth-order valence-electron chi connectivity index (χ4n) is 2.08. The molecule has 3 aromatic rings. The van der Waals surface area contributed by atoms with Crippen molar-refractivity contribution in [1.82, 2.24) is 4.98 Å². The van der Waals surface area contributed by atoms with Gasteiger partial charge in [-0.25, -0.2) is 4.98 Å². The Hall–Kier alpha value is -2.73. The second kappa shape index (κ2) is 6.58. The molecule has 1 heterocycles. The summed E-state index contributed by atoms with van der Waals surface area (Å²) < 4.78 is 5.56. The van der Waals surface area contributed by atoms with Gasteiger partial charge in [-0.2, -0.15) is 0 Å². The maximum Gasteiger partial charge on any atom is 0.310 e. The molecular formula is C17H14N2O3S. The molecule has 0 aliphatic rings. The summed E-state index contributed by atoms with van der Waals surface area (Å²) >= 11 is 1.53. The van der Waals surface area contributed by atoms with Crippen molar-refractivity contribution in [2.24, 2.45) is 0 Å². The molecule has 2 aromatic carbocycles. The minimum Gasteiger partial charge on any atom is -0.480 e. The van der Waals surface area contributed by atoms with Gasteiger partial charge >= 0.3 is 5.69 Å². The van der Waals surface area contributed by atoms with Crippen molar-refractivity contribution < 1.29 is 9.66 Å². The molecule has 0 aliphatic heterocycles. The van der Waals surface area contributed by atoms with E-state index in [4.69, 9.17) is 4.74 Å². The third kappa shape index (κ3) is 3.54. The van der Waals surface area contributed by atoms with E-state index in [2.05, 4.69) is 4.98 Å². The van der Waals surface area contributed by atoms with Crippen LogP contribution in [0.1, 0.15) is 11.3 Å². The van der Waals surface area contributed by atoms with Gasteiger partial charge in [0.2, 0.25) is 0 Å². The molecular weight excluding hydrogens is 312 g/mol. The zero-order chi connectivity index (χ0) is 16.2. The van der Waals surface area contributed by atoms with Gasteiger partial charge < -0.3 is 4.74 Å². The van der Waals surface area contributed by atoms with Crippen molar-refractivity contribution in [1.29, 1.82) is 0 Å². The maximum atomic E-state index is 11.0. The Morgan fingerprint density at radius 3 is 2.65 bits per heavy atom. The van der Waals surface area contributed by atoms with Crippen molar-refractivity contribution in [2.75, 3.05) is 0 Å². The van der Waals surface area contributed by atoms with Crippen molar-refractivity contribution in [3.8, 4) is 16.3 Å². The predicted molar refractivity (Wildman–Crippen MR) is 89.7 cm³/mol. The molecule has 0 amide bonds. The van der Waals surface area contributed by atoms with Gasteiger partial charge in [0.15, 0.2) is 5.75 Å². The zero-order valence-corrected chi connectivity index (χ0v) is 13.2. The van der Waals surface area contributed by atoms with Crippen LogP contribution in [0.2, 0.25) is 0 Å². The standard InChI is InChI=1S/C17H14N2O3S/c1-12-6-8-13(9-7-12)17-18-14(11-23-17)10-22-16-5-3-2-4-15(16)19(20)21/h2-9,11H,10H2,1H3. The summed E-state index contributed by atoms with van der Waals surface area (Å²) in [5, 5.41) is 13.8. The van der Waals surface area contributed by atoms with Crippen LogP contribution in [0, 0.1) is 17.0 Å². The highest BCUT2D eigenvalue weighted by Crippen LogP contribution is 2.28. The number of thiazole rings is 1. The van der Waals surface area contributed by atoms with E-state index in [9.17, 15) is 10.1 Å². The first kappa shape index (κ1) is 15.2. The first-order valence-corrected chi connectivity index (χ1v) is 7.89. The van der Waals surface area contributed by atoms with E-state index in [-0.39, 0.29) is 18.0 Å². The second-order valence-electron chi connectivity index (χ2n) is 5.02. The fraction of sp³-hybridized carbons (Fsp3) is 0.118. The van der Waals surface area contributed by atoms with Gasteiger partial charge in [-0.05, 0) is 13.0 Å². The number of hydrogen-bond donors (Lipinski definition) is 0. The second-order valence-corrected chi connectivity index (χ2v) is 5.88. The summed E-state index contributed by atoms with van der Waals surface area (Å²) in [4.78, 5) is 15.0. The quantitative estimate of drug-likeness (QED) is 0.507. The number of para-hydroxylation sites is 2. The van der Waals surface area contributed by atoms with Gasteiger partial charge in [-0.15, -0.1) is 11.3 Å². The predicted octanol–water partition coefficient (Wildman–Crippen LogP) is 4.61. The Bertz CT molecular complexity index is 828. The summed E-state index contributed by atoms with van der Waals surface area (Å²) in [7, 11) is 0. The Morgan fingerprint density at radius 2 is 1.91 bits per heavy atom. The van der Waals surface area contributed by atoms with Crippen LogP contribution < -0.4 is 4.74 Å². The molecule has 5 nitrogen and oxygen atoms in total. The van der Waals surface area contributed by atoms with Gasteiger partial charge in [-0.1, -0.05) is 42.0 Å². The lowest BCUT2D eigenvalue weighted by atomic mass is 10.2. The first-order chi connectivity index (χ1) is 11.1. The topological polar surface area (TPSA) is 65.3 Å². The summed E-state index contributed by atoms with van der Waals surface area (Å²) in [5.74, 6) is 0.252. The highest BCUT2D eigenvalue weighted by atomic mass is 32.1. The van der Waals surface area contributed by atoms with Crippen molar-refractivity contribution in [3.05, 3.63) is 75.3 Å². The van der Waals surface area contributed by atoms with E-state index >= 15 is 0 Å². The molecule has 0 N–H and O–H groups in total. The van der Waals surface area contributed by atoms with E-state index in [1.807, 2.05) is 36.6 Å². The number of nitro groups is 1. The van der Waals surface area contributed by atoms with Crippen LogP contribution in [0.25, 0.3) is 10.6 Å². The van der Waals surface area contributed by atoms with E-state index in [0.29, 0.717) is 0 Å². The molecule has 0 saturated heterocycles. The molecule has 0 fully saturated rings. The third-order valence-electron chi connectivity index (χ3n) is 3.29. The molecule has 3 rings (SSSR count). The molecule has 6 heteroatoms. The van der Waals surface area contributed by atoms with Crippen LogP contribution in [0.15, 0.2) is 53.9 Å². The van der Waals surface area contributed by atoms with Crippen LogP contribution in [0.4, 0.5) is 5.69 Å². The van der Waals surface area contributed by atoms with Gasteiger partial charge in [-0.3, -0.25) is 10.1 Å². The number of ether oxygens (including phenoxy) is 1. The fourth-order valence-corrected chi connectivity index (χ4v) is 2.89. The average Bonchev–Trinajstić information content (AvgIpc) is 3.03. The molecule has 116 valence electrons. The lowest BCUT2D eigenvalue weighted by Crippen LogP contribution is -1.99. The van der Waals surface area contributed by atoms with Crippen LogP contribution in [-0.2, 0) is 6.61 Å². The van der Waals surface area contributed by atoms with Crippen LogP contribution in [0.5, 0.6) is 5.75 Å². The van der Waals surface area contributed by atoms with E-state index < -0.39 is 4.92 Å². The number of benzene rings is 2. The average molecular weight is 326 g/mol. The number of aromatic nitrogens is 1. The lowest BCUT2D eigenvalue weighted by molar-refractivity contribution is -0.385. The minimum absolute atomic E-state index is 0.0403. The normalized spacial score (nSPS) is 10.5. The number of aryl methyl sites for hydroxylation is 1. The number of hydrogen-bond acceptors (Lipinski definition) is 5. The maximum absolute atomic E-state index is 11.0. The van der Waals surface area contributed by atoms with Gasteiger partial charge in [0.25, 0.3) is 0 Å². The largest absolute Gasteiger partial charge is 0.480 e. The summed E-state index contributed by atoms with van der Waals surface area (Å²) in [6.45, 7) is 2.24. The SMILES string of the molecule is Cc1ccc(-c2nc(COc3ccccc3[N+](=O)[O-])cs2)cc1.